The van der Waals surface area contributed by atoms with E-state index in [4.69, 9.17) is 0 Å². The van der Waals surface area contributed by atoms with Crippen molar-refractivity contribution in [3.8, 4) is 22.5 Å². The number of hydrogen-bond acceptors (Lipinski definition) is 3. The molecule has 0 aliphatic carbocycles. The van der Waals surface area contributed by atoms with Crippen molar-refractivity contribution in [2.24, 2.45) is 0 Å². The van der Waals surface area contributed by atoms with Gasteiger partial charge in [-0.05, 0) is 72.7 Å². The number of nitrogens with zero attached hydrogens (tertiary/aromatic N) is 3. The lowest BCUT2D eigenvalue weighted by Crippen LogP contribution is -2.35. The van der Waals surface area contributed by atoms with Gasteiger partial charge in [0.2, 0.25) is 0 Å². The van der Waals surface area contributed by atoms with Crippen LogP contribution in [0, 0.1) is 0 Å². The Hall–Kier alpha value is -3.86. The Balaban J connectivity index is 1.14. The van der Waals surface area contributed by atoms with E-state index in [0.29, 0.717) is 6.54 Å². The fourth-order valence-corrected chi connectivity index (χ4v) is 5.26. The molecule has 4 aromatic rings. The zero-order chi connectivity index (χ0) is 23.6. The van der Waals surface area contributed by atoms with Crippen LogP contribution in [0.15, 0.2) is 78.9 Å². The van der Waals surface area contributed by atoms with Crippen LogP contribution in [0.4, 0.5) is 5.69 Å². The number of H-pyrrole nitrogens is 1. The van der Waals surface area contributed by atoms with Crippen molar-refractivity contribution in [1.82, 2.24) is 15.1 Å². The Morgan fingerprint density at radius 3 is 2.26 bits per heavy atom. The normalized spacial score (nSPS) is 15.7. The molecule has 3 heterocycles. The average molecular weight is 463 g/mol. The van der Waals surface area contributed by atoms with Crippen molar-refractivity contribution in [3.63, 3.8) is 0 Å². The molecule has 3 aromatic carbocycles. The number of piperidine rings is 1. The number of carbonyl (C=O) groups is 1. The van der Waals surface area contributed by atoms with Gasteiger partial charge in [0.15, 0.2) is 0 Å². The third kappa shape index (κ3) is 4.46. The van der Waals surface area contributed by atoms with Crippen LogP contribution in [0.2, 0.25) is 0 Å². The molecule has 0 atom stereocenters. The number of anilines is 1. The van der Waals surface area contributed by atoms with E-state index in [-0.39, 0.29) is 5.91 Å². The van der Waals surface area contributed by atoms with Crippen molar-refractivity contribution in [1.29, 1.82) is 0 Å². The van der Waals surface area contributed by atoms with E-state index < -0.39 is 0 Å². The van der Waals surface area contributed by atoms with E-state index >= 15 is 0 Å². The summed E-state index contributed by atoms with van der Waals surface area (Å²) < 4.78 is 0. The number of fused-ring (bicyclic) bond motifs is 1. The molecule has 2 aliphatic rings. The minimum Gasteiger partial charge on any atom is -0.372 e. The van der Waals surface area contributed by atoms with Crippen molar-refractivity contribution >= 4 is 11.6 Å². The second kappa shape index (κ2) is 9.41. The highest BCUT2D eigenvalue weighted by atomic mass is 16.2. The van der Waals surface area contributed by atoms with Gasteiger partial charge in [0.1, 0.15) is 0 Å². The maximum absolute atomic E-state index is 13.1. The van der Waals surface area contributed by atoms with E-state index in [9.17, 15) is 4.79 Å². The Bertz CT molecular complexity index is 1320. The van der Waals surface area contributed by atoms with Gasteiger partial charge in [0.25, 0.3) is 5.91 Å². The summed E-state index contributed by atoms with van der Waals surface area (Å²) in [6, 6.07) is 27.0. The fraction of sp³-hybridized carbons (Fsp3) is 0.267. The molecule has 1 amide bonds. The third-order valence-electron chi connectivity index (χ3n) is 7.32. The largest absolute Gasteiger partial charge is 0.372 e. The highest BCUT2D eigenvalue weighted by Crippen LogP contribution is 2.28. The Labute approximate surface area is 206 Å². The van der Waals surface area contributed by atoms with Gasteiger partial charge < -0.3 is 9.80 Å². The zero-order valence-corrected chi connectivity index (χ0v) is 19.9. The Kier molecular flexibility index (Phi) is 5.83. The second-order valence-electron chi connectivity index (χ2n) is 9.58. The average Bonchev–Trinajstić information content (AvgIpc) is 3.43. The molecule has 0 radical (unpaired) electrons. The number of hydrogen-bond donors (Lipinski definition) is 1. The molecule has 0 spiro atoms. The van der Waals surface area contributed by atoms with Crippen LogP contribution < -0.4 is 4.90 Å². The molecule has 5 heteroatoms. The Morgan fingerprint density at radius 1 is 0.771 bits per heavy atom. The predicted molar refractivity (Wildman–Crippen MR) is 140 cm³/mol. The molecule has 35 heavy (non-hydrogen) atoms. The first kappa shape index (κ1) is 21.7. The quantitative estimate of drug-likeness (QED) is 0.409. The molecule has 1 N–H and O–H groups in total. The molecular weight excluding hydrogens is 432 g/mol. The zero-order valence-electron chi connectivity index (χ0n) is 19.9. The number of benzene rings is 3. The van der Waals surface area contributed by atoms with Crippen LogP contribution in [-0.4, -0.2) is 40.6 Å². The molecule has 0 bridgehead atoms. The molecular formula is C30H30N4O. The molecule has 6 rings (SSSR count). The summed E-state index contributed by atoms with van der Waals surface area (Å²) in [6.45, 7) is 3.74. The van der Waals surface area contributed by atoms with Crippen LogP contribution >= 0.6 is 0 Å². The topological polar surface area (TPSA) is 52.2 Å². The monoisotopic (exact) mass is 462 g/mol. The predicted octanol–water partition coefficient (Wildman–Crippen LogP) is 5.93. The van der Waals surface area contributed by atoms with Gasteiger partial charge in [-0.2, -0.15) is 5.10 Å². The molecule has 0 saturated carbocycles. The molecule has 1 saturated heterocycles. The molecule has 0 unspecified atom stereocenters. The lowest BCUT2D eigenvalue weighted by Gasteiger charge is -2.29. The van der Waals surface area contributed by atoms with Crippen molar-refractivity contribution in [2.45, 2.75) is 32.2 Å². The Morgan fingerprint density at radius 2 is 1.49 bits per heavy atom. The number of rotatable bonds is 4. The highest BCUT2D eigenvalue weighted by molar-refractivity contribution is 5.94. The lowest BCUT2D eigenvalue weighted by atomic mass is 9.99. The number of amides is 1. The molecule has 1 fully saturated rings. The summed E-state index contributed by atoms with van der Waals surface area (Å²) in [6.07, 6.45) is 4.81. The summed E-state index contributed by atoms with van der Waals surface area (Å²) in [5, 5.41) is 7.71. The van der Waals surface area contributed by atoms with Crippen LogP contribution in [0.1, 0.15) is 40.7 Å². The maximum Gasteiger partial charge on any atom is 0.254 e. The fourth-order valence-electron chi connectivity index (χ4n) is 5.26. The summed E-state index contributed by atoms with van der Waals surface area (Å²) in [5.74, 6) is 0.0881. The van der Waals surface area contributed by atoms with E-state index in [1.807, 2.05) is 35.2 Å². The van der Waals surface area contributed by atoms with Gasteiger partial charge in [-0.1, -0.05) is 48.5 Å². The minimum absolute atomic E-state index is 0.0881. The van der Waals surface area contributed by atoms with Crippen LogP contribution in [0.25, 0.3) is 22.5 Å². The first-order valence-electron chi connectivity index (χ1n) is 12.6. The van der Waals surface area contributed by atoms with Gasteiger partial charge >= 0.3 is 0 Å². The van der Waals surface area contributed by atoms with Crippen molar-refractivity contribution < 1.29 is 4.79 Å². The number of nitrogens with one attached hydrogen (secondary N) is 1. The van der Waals surface area contributed by atoms with E-state index in [1.54, 1.807) is 0 Å². The standard InChI is InChI=1S/C30H30N4O/c35-30(34-19-16-22-6-2-3-7-26(22)21-34)25-10-8-23(9-11-25)28-20-29(32-31-28)24-12-14-27(15-13-24)33-17-4-1-5-18-33/h2-3,6-15,20H,1,4-5,16-19,21H2,(H,31,32). The van der Waals surface area contributed by atoms with Gasteiger partial charge in [-0.3, -0.25) is 9.89 Å². The lowest BCUT2D eigenvalue weighted by molar-refractivity contribution is 0.0734. The van der Waals surface area contributed by atoms with E-state index in [1.165, 1.54) is 36.1 Å². The van der Waals surface area contributed by atoms with E-state index in [0.717, 1.165) is 54.1 Å². The first-order chi connectivity index (χ1) is 17.2. The molecule has 5 nitrogen and oxygen atoms in total. The SMILES string of the molecule is O=C(c1ccc(-c2cc(-c3ccc(N4CCCCC4)cc3)n[nH]2)cc1)N1CCc2ccccc2C1. The van der Waals surface area contributed by atoms with Crippen LogP contribution in [0.5, 0.6) is 0 Å². The number of aromatic nitrogens is 2. The maximum atomic E-state index is 13.1. The molecule has 176 valence electrons. The molecule has 1 aromatic heterocycles. The van der Waals surface area contributed by atoms with E-state index in [2.05, 4.69) is 63.6 Å². The summed E-state index contributed by atoms with van der Waals surface area (Å²) in [7, 11) is 0. The van der Waals surface area contributed by atoms with Gasteiger partial charge in [0.05, 0.1) is 11.4 Å². The van der Waals surface area contributed by atoms with Crippen LogP contribution in [-0.2, 0) is 13.0 Å². The molecule has 2 aliphatic heterocycles. The number of aromatic amines is 1. The van der Waals surface area contributed by atoms with Gasteiger partial charge in [-0.25, -0.2) is 0 Å². The van der Waals surface area contributed by atoms with Gasteiger partial charge in [0, 0.05) is 43.0 Å². The summed E-state index contributed by atoms with van der Waals surface area (Å²) in [4.78, 5) is 17.5. The van der Waals surface area contributed by atoms with Gasteiger partial charge in [-0.15, -0.1) is 0 Å². The first-order valence-corrected chi connectivity index (χ1v) is 12.6. The number of carbonyl (C=O) groups excluding carboxylic acids is 1. The minimum atomic E-state index is 0.0881. The van der Waals surface area contributed by atoms with Crippen molar-refractivity contribution in [2.75, 3.05) is 24.5 Å². The summed E-state index contributed by atoms with van der Waals surface area (Å²) in [5.41, 5.74) is 8.62. The van der Waals surface area contributed by atoms with Crippen LogP contribution in [0.3, 0.4) is 0 Å². The van der Waals surface area contributed by atoms with Crippen molar-refractivity contribution in [3.05, 3.63) is 95.6 Å². The second-order valence-corrected chi connectivity index (χ2v) is 9.58. The third-order valence-corrected chi connectivity index (χ3v) is 7.32. The summed E-state index contributed by atoms with van der Waals surface area (Å²) >= 11 is 0. The highest BCUT2D eigenvalue weighted by Gasteiger charge is 2.21. The smallest absolute Gasteiger partial charge is 0.254 e.